The highest BCUT2D eigenvalue weighted by molar-refractivity contribution is 7.89. The summed E-state index contributed by atoms with van der Waals surface area (Å²) in [6, 6.07) is 4.47. The standard InChI is InChI=1S/C16H24N2O5S/c1-11-9-18(10-12(2)23-11)16(19)13-6-7-14(22-5)15(8-13)24(20,21)17(3)4/h6-8,11-12H,9-10H2,1-5H3/t11-,12-/m1/s1. The van der Waals surface area contributed by atoms with E-state index < -0.39 is 10.0 Å². The lowest BCUT2D eigenvalue weighted by Gasteiger charge is -2.35. The van der Waals surface area contributed by atoms with Crippen LogP contribution < -0.4 is 4.74 Å². The number of nitrogens with zero attached hydrogens (tertiary/aromatic N) is 2. The predicted octanol–water partition coefficient (Wildman–Crippen LogP) is 1.19. The molecule has 1 aliphatic rings. The molecule has 1 aromatic carbocycles. The van der Waals surface area contributed by atoms with Gasteiger partial charge in [0.15, 0.2) is 0 Å². The lowest BCUT2D eigenvalue weighted by Crippen LogP contribution is -2.48. The van der Waals surface area contributed by atoms with Crippen LogP contribution in [0.3, 0.4) is 0 Å². The van der Waals surface area contributed by atoms with Gasteiger partial charge >= 0.3 is 0 Å². The van der Waals surface area contributed by atoms with E-state index in [9.17, 15) is 13.2 Å². The Morgan fingerprint density at radius 1 is 1.25 bits per heavy atom. The summed E-state index contributed by atoms with van der Waals surface area (Å²) in [7, 11) is 0.563. The Labute approximate surface area is 143 Å². The number of rotatable bonds is 4. The van der Waals surface area contributed by atoms with Gasteiger partial charge in [-0.3, -0.25) is 4.79 Å². The molecule has 1 amide bonds. The molecule has 0 saturated carbocycles. The molecule has 0 bridgehead atoms. The fourth-order valence-electron chi connectivity index (χ4n) is 2.73. The first-order valence-electron chi connectivity index (χ1n) is 7.72. The van der Waals surface area contributed by atoms with E-state index in [0.29, 0.717) is 18.7 Å². The Morgan fingerprint density at radius 2 is 1.83 bits per heavy atom. The second-order valence-corrected chi connectivity index (χ2v) is 8.24. The third-order valence-electron chi connectivity index (χ3n) is 3.88. The molecule has 7 nitrogen and oxygen atoms in total. The number of benzene rings is 1. The molecule has 2 atom stereocenters. The first-order chi connectivity index (χ1) is 11.2. The minimum Gasteiger partial charge on any atom is -0.495 e. The smallest absolute Gasteiger partial charge is 0.254 e. The second kappa shape index (κ2) is 7.08. The quantitative estimate of drug-likeness (QED) is 0.810. The number of hydrogen-bond donors (Lipinski definition) is 0. The molecule has 1 aliphatic heterocycles. The molecule has 24 heavy (non-hydrogen) atoms. The van der Waals surface area contributed by atoms with Crippen LogP contribution in [-0.4, -0.2) is 70.0 Å². The van der Waals surface area contributed by atoms with Crippen LogP contribution in [-0.2, 0) is 14.8 Å². The van der Waals surface area contributed by atoms with Gasteiger partial charge in [0.1, 0.15) is 10.6 Å². The highest BCUT2D eigenvalue weighted by Gasteiger charge is 2.29. The van der Waals surface area contributed by atoms with Crippen molar-refractivity contribution in [3.8, 4) is 5.75 Å². The van der Waals surface area contributed by atoms with E-state index in [4.69, 9.17) is 9.47 Å². The van der Waals surface area contributed by atoms with Gasteiger partial charge in [-0.1, -0.05) is 0 Å². The maximum Gasteiger partial charge on any atom is 0.254 e. The third-order valence-corrected chi connectivity index (χ3v) is 5.71. The van der Waals surface area contributed by atoms with Crippen molar-refractivity contribution in [1.82, 2.24) is 9.21 Å². The van der Waals surface area contributed by atoms with Crippen molar-refractivity contribution in [2.24, 2.45) is 0 Å². The van der Waals surface area contributed by atoms with Crippen molar-refractivity contribution in [3.63, 3.8) is 0 Å². The molecule has 1 aromatic rings. The second-order valence-electron chi connectivity index (χ2n) is 6.12. The third kappa shape index (κ3) is 3.71. The number of morpholine rings is 1. The van der Waals surface area contributed by atoms with Crippen molar-refractivity contribution in [1.29, 1.82) is 0 Å². The van der Waals surface area contributed by atoms with E-state index in [1.807, 2.05) is 13.8 Å². The predicted molar refractivity (Wildman–Crippen MR) is 89.8 cm³/mol. The van der Waals surface area contributed by atoms with Crippen LogP contribution in [0.1, 0.15) is 24.2 Å². The SMILES string of the molecule is COc1ccc(C(=O)N2C[C@@H](C)O[C@H](C)C2)cc1S(=O)(=O)N(C)C. The summed E-state index contributed by atoms with van der Waals surface area (Å²) in [5, 5.41) is 0. The molecular formula is C16H24N2O5S. The lowest BCUT2D eigenvalue weighted by atomic mass is 10.1. The molecule has 1 saturated heterocycles. The Hall–Kier alpha value is -1.64. The van der Waals surface area contributed by atoms with Crippen LogP contribution in [0, 0.1) is 0 Å². The van der Waals surface area contributed by atoms with Crippen molar-refractivity contribution < 1.29 is 22.7 Å². The van der Waals surface area contributed by atoms with Crippen molar-refractivity contribution in [3.05, 3.63) is 23.8 Å². The summed E-state index contributed by atoms with van der Waals surface area (Å²) in [5.74, 6) is -0.00109. The summed E-state index contributed by atoms with van der Waals surface area (Å²) in [6.45, 7) is 4.77. The van der Waals surface area contributed by atoms with Crippen LogP contribution in [0.4, 0.5) is 0 Å². The van der Waals surface area contributed by atoms with Gasteiger partial charge in [-0.05, 0) is 32.0 Å². The number of carbonyl (C=O) groups excluding carboxylic acids is 1. The van der Waals surface area contributed by atoms with Crippen molar-refractivity contribution >= 4 is 15.9 Å². The Bertz CT molecular complexity index is 707. The topological polar surface area (TPSA) is 76.1 Å². The van der Waals surface area contributed by atoms with Crippen molar-refractivity contribution in [2.45, 2.75) is 31.0 Å². The van der Waals surface area contributed by atoms with E-state index in [2.05, 4.69) is 0 Å². The summed E-state index contributed by atoms with van der Waals surface area (Å²) in [4.78, 5) is 14.4. The summed E-state index contributed by atoms with van der Waals surface area (Å²) in [6.07, 6.45) is -0.109. The zero-order valence-corrected chi connectivity index (χ0v) is 15.5. The van der Waals surface area contributed by atoms with Gasteiger partial charge in [0, 0.05) is 32.7 Å². The largest absolute Gasteiger partial charge is 0.495 e. The van der Waals surface area contributed by atoms with Gasteiger partial charge in [-0.15, -0.1) is 0 Å². The Kier molecular flexibility index (Phi) is 5.52. The van der Waals surface area contributed by atoms with E-state index in [0.717, 1.165) is 4.31 Å². The molecule has 0 radical (unpaired) electrons. The van der Waals surface area contributed by atoms with Crippen LogP contribution in [0.2, 0.25) is 0 Å². The minimum absolute atomic E-state index is 0.0183. The summed E-state index contributed by atoms with van der Waals surface area (Å²) >= 11 is 0. The Balaban J connectivity index is 2.40. The fraction of sp³-hybridized carbons (Fsp3) is 0.562. The molecule has 8 heteroatoms. The van der Waals surface area contributed by atoms with Gasteiger partial charge in [0.2, 0.25) is 10.0 Å². The number of ether oxygens (including phenoxy) is 2. The molecule has 134 valence electrons. The maximum atomic E-state index is 12.8. The van der Waals surface area contributed by atoms with Gasteiger partial charge in [-0.2, -0.15) is 0 Å². The highest BCUT2D eigenvalue weighted by Crippen LogP contribution is 2.27. The minimum atomic E-state index is -3.72. The average Bonchev–Trinajstić information content (AvgIpc) is 2.52. The number of sulfonamides is 1. The fourth-order valence-corrected chi connectivity index (χ4v) is 3.81. The summed E-state index contributed by atoms with van der Waals surface area (Å²) < 4.78 is 36.8. The van der Waals surface area contributed by atoms with Crippen LogP contribution in [0.5, 0.6) is 5.75 Å². The number of amides is 1. The van der Waals surface area contributed by atoms with Gasteiger partial charge < -0.3 is 14.4 Å². The molecule has 0 aliphatic carbocycles. The normalized spacial score (nSPS) is 21.8. The zero-order chi connectivity index (χ0) is 18.1. The number of carbonyl (C=O) groups is 1. The van der Waals surface area contributed by atoms with E-state index >= 15 is 0 Å². The van der Waals surface area contributed by atoms with Crippen LogP contribution in [0.15, 0.2) is 23.1 Å². The maximum absolute atomic E-state index is 12.8. The molecule has 0 N–H and O–H groups in total. The Morgan fingerprint density at radius 3 is 2.33 bits per heavy atom. The van der Waals surface area contributed by atoms with E-state index in [1.54, 1.807) is 11.0 Å². The van der Waals surface area contributed by atoms with Gasteiger partial charge in [0.25, 0.3) is 5.91 Å². The van der Waals surface area contributed by atoms with Crippen molar-refractivity contribution in [2.75, 3.05) is 34.3 Å². The molecular weight excluding hydrogens is 332 g/mol. The zero-order valence-electron chi connectivity index (χ0n) is 14.6. The van der Waals surface area contributed by atoms with E-state index in [-0.39, 0.29) is 28.8 Å². The number of hydrogen-bond acceptors (Lipinski definition) is 5. The monoisotopic (exact) mass is 356 g/mol. The van der Waals surface area contributed by atoms with Gasteiger partial charge in [-0.25, -0.2) is 12.7 Å². The molecule has 1 fully saturated rings. The summed E-state index contributed by atoms with van der Waals surface area (Å²) in [5.41, 5.74) is 0.317. The highest BCUT2D eigenvalue weighted by atomic mass is 32.2. The van der Waals surface area contributed by atoms with E-state index in [1.165, 1.54) is 33.3 Å². The van der Waals surface area contributed by atoms with Crippen LogP contribution in [0.25, 0.3) is 0 Å². The molecule has 0 unspecified atom stereocenters. The first kappa shape index (κ1) is 18.7. The molecule has 0 aromatic heterocycles. The van der Waals surface area contributed by atoms with Gasteiger partial charge in [0.05, 0.1) is 19.3 Å². The molecule has 2 rings (SSSR count). The molecule has 1 heterocycles. The number of methoxy groups -OCH3 is 1. The lowest BCUT2D eigenvalue weighted by molar-refractivity contribution is -0.0586. The van der Waals surface area contributed by atoms with Crippen LogP contribution >= 0.6 is 0 Å². The first-order valence-corrected chi connectivity index (χ1v) is 9.16. The molecule has 0 spiro atoms. The average molecular weight is 356 g/mol.